The first-order valence-corrected chi connectivity index (χ1v) is 4.62. The summed E-state index contributed by atoms with van der Waals surface area (Å²) >= 11 is 0. The molecular formula is C11H4F2N2O3. The van der Waals surface area contributed by atoms with Crippen molar-refractivity contribution >= 4 is 5.97 Å². The maximum absolute atomic E-state index is 13.5. The minimum absolute atomic E-state index is 0.124. The van der Waals surface area contributed by atoms with Crippen LogP contribution in [0.4, 0.5) is 8.78 Å². The number of carbonyl (C=O) groups is 1. The summed E-state index contributed by atoms with van der Waals surface area (Å²) in [5.74, 6) is -3.80. The molecule has 0 unspecified atom stereocenters. The molecular weight excluding hydrogens is 246 g/mol. The number of aromatic carboxylic acids is 1. The first kappa shape index (κ1) is 11.7. The molecule has 2 rings (SSSR count). The average molecular weight is 250 g/mol. The second-order valence-electron chi connectivity index (χ2n) is 3.31. The summed E-state index contributed by atoms with van der Waals surface area (Å²) in [7, 11) is 0. The minimum Gasteiger partial charge on any atom is -0.475 e. The Hall–Kier alpha value is -2.75. The topological polar surface area (TPSA) is 87.1 Å². The molecule has 1 N–H and O–H groups in total. The number of carboxylic acids is 1. The molecule has 5 nitrogen and oxygen atoms in total. The van der Waals surface area contributed by atoms with Crippen LogP contribution in [-0.2, 0) is 0 Å². The predicted molar refractivity (Wildman–Crippen MR) is 53.5 cm³/mol. The smallest absolute Gasteiger partial charge is 0.374 e. The van der Waals surface area contributed by atoms with Gasteiger partial charge in [0.15, 0.2) is 0 Å². The standard InChI is InChI=1S/C11H4F2N2O3/c12-7-2-8(13)6(1-5(7)4-14)9-3-10(11(16)17)18-15-9/h1-3H,(H,16,17). The average Bonchev–Trinajstić information content (AvgIpc) is 2.78. The summed E-state index contributed by atoms with van der Waals surface area (Å²) in [6, 6.07) is 4.00. The van der Waals surface area contributed by atoms with Gasteiger partial charge in [-0.2, -0.15) is 5.26 Å². The summed E-state index contributed by atoms with van der Waals surface area (Å²) < 4.78 is 31.0. The molecule has 0 aliphatic heterocycles. The SMILES string of the molecule is N#Cc1cc(-c2cc(C(=O)O)on2)c(F)cc1F. The van der Waals surface area contributed by atoms with E-state index in [9.17, 15) is 13.6 Å². The number of nitrogens with zero attached hydrogens (tertiary/aromatic N) is 2. The second-order valence-corrected chi connectivity index (χ2v) is 3.31. The molecule has 90 valence electrons. The lowest BCUT2D eigenvalue weighted by Gasteiger charge is -2.00. The van der Waals surface area contributed by atoms with Gasteiger partial charge in [0.1, 0.15) is 23.4 Å². The van der Waals surface area contributed by atoms with Crippen LogP contribution in [0.5, 0.6) is 0 Å². The number of carboxylic acid groups (broad SMARTS) is 1. The molecule has 0 radical (unpaired) electrons. The Kier molecular flexibility index (Phi) is 2.77. The van der Waals surface area contributed by atoms with Crippen molar-refractivity contribution in [1.29, 1.82) is 5.26 Å². The normalized spacial score (nSPS) is 10.1. The summed E-state index contributed by atoms with van der Waals surface area (Å²) in [5.41, 5.74) is -0.697. The fourth-order valence-corrected chi connectivity index (χ4v) is 1.33. The van der Waals surface area contributed by atoms with Crippen LogP contribution in [0.25, 0.3) is 11.3 Å². The fourth-order valence-electron chi connectivity index (χ4n) is 1.33. The molecule has 7 heteroatoms. The van der Waals surface area contributed by atoms with E-state index in [-0.39, 0.29) is 16.8 Å². The summed E-state index contributed by atoms with van der Waals surface area (Å²) in [6.45, 7) is 0. The second kappa shape index (κ2) is 4.25. The van der Waals surface area contributed by atoms with Crippen LogP contribution in [-0.4, -0.2) is 16.2 Å². The highest BCUT2D eigenvalue weighted by molar-refractivity contribution is 5.85. The molecule has 1 aromatic heterocycles. The van der Waals surface area contributed by atoms with Gasteiger partial charge >= 0.3 is 5.97 Å². The van der Waals surface area contributed by atoms with Crippen LogP contribution < -0.4 is 0 Å². The highest BCUT2D eigenvalue weighted by atomic mass is 19.1. The number of rotatable bonds is 2. The van der Waals surface area contributed by atoms with E-state index in [1.54, 1.807) is 6.07 Å². The van der Waals surface area contributed by atoms with Crippen molar-refractivity contribution in [3.63, 3.8) is 0 Å². The van der Waals surface area contributed by atoms with E-state index >= 15 is 0 Å². The van der Waals surface area contributed by atoms with Gasteiger partial charge < -0.3 is 9.63 Å². The maximum atomic E-state index is 13.5. The zero-order valence-electron chi connectivity index (χ0n) is 8.65. The van der Waals surface area contributed by atoms with Crippen molar-refractivity contribution in [3.8, 4) is 17.3 Å². The van der Waals surface area contributed by atoms with Crippen molar-refractivity contribution in [3.05, 3.63) is 41.2 Å². The van der Waals surface area contributed by atoms with E-state index in [0.29, 0.717) is 6.07 Å². The zero-order valence-corrected chi connectivity index (χ0v) is 8.65. The van der Waals surface area contributed by atoms with E-state index in [0.717, 1.165) is 12.1 Å². The molecule has 0 bridgehead atoms. The van der Waals surface area contributed by atoms with E-state index in [1.807, 2.05) is 0 Å². The number of benzene rings is 1. The molecule has 1 aromatic carbocycles. The van der Waals surface area contributed by atoms with Crippen molar-refractivity contribution in [2.75, 3.05) is 0 Å². The third kappa shape index (κ3) is 1.91. The maximum Gasteiger partial charge on any atom is 0.374 e. The summed E-state index contributed by atoms with van der Waals surface area (Å²) in [5, 5.41) is 20.6. The highest BCUT2D eigenvalue weighted by Gasteiger charge is 2.17. The van der Waals surface area contributed by atoms with E-state index in [4.69, 9.17) is 10.4 Å². The number of halogens is 2. The van der Waals surface area contributed by atoms with Gasteiger partial charge in [0.25, 0.3) is 0 Å². The molecule has 0 aliphatic rings. The largest absolute Gasteiger partial charge is 0.475 e. The van der Waals surface area contributed by atoms with Crippen LogP contribution in [0.2, 0.25) is 0 Å². The number of aromatic nitrogens is 1. The molecule has 18 heavy (non-hydrogen) atoms. The van der Waals surface area contributed by atoms with Crippen LogP contribution in [0.3, 0.4) is 0 Å². The molecule has 0 saturated carbocycles. The third-order valence-corrected chi connectivity index (χ3v) is 2.17. The highest BCUT2D eigenvalue weighted by Crippen LogP contribution is 2.25. The predicted octanol–water partition coefficient (Wildman–Crippen LogP) is 2.19. The molecule has 1 heterocycles. The molecule has 0 amide bonds. The van der Waals surface area contributed by atoms with Crippen LogP contribution in [0.15, 0.2) is 22.7 Å². The van der Waals surface area contributed by atoms with Gasteiger partial charge in [0.2, 0.25) is 5.76 Å². The Morgan fingerprint density at radius 1 is 1.33 bits per heavy atom. The lowest BCUT2D eigenvalue weighted by Crippen LogP contribution is -1.92. The van der Waals surface area contributed by atoms with E-state index < -0.39 is 23.4 Å². The number of nitriles is 1. The van der Waals surface area contributed by atoms with Gasteiger partial charge in [0, 0.05) is 17.7 Å². The van der Waals surface area contributed by atoms with Crippen molar-refractivity contribution < 1.29 is 23.2 Å². The van der Waals surface area contributed by atoms with Gasteiger partial charge in [0.05, 0.1) is 5.56 Å². The Morgan fingerprint density at radius 3 is 2.61 bits per heavy atom. The number of hydrogen-bond donors (Lipinski definition) is 1. The fraction of sp³-hybridized carbons (Fsp3) is 0. The summed E-state index contributed by atoms with van der Waals surface area (Å²) in [6.07, 6.45) is 0. The third-order valence-electron chi connectivity index (χ3n) is 2.17. The van der Waals surface area contributed by atoms with Gasteiger partial charge in [-0.25, -0.2) is 13.6 Å². The first-order valence-electron chi connectivity index (χ1n) is 4.62. The lowest BCUT2D eigenvalue weighted by molar-refractivity contribution is 0.0652. The van der Waals surface area contributed by atoms with Crippen molar-refractivity contribution in [1.82, 2.24) is 5.16 Å². The molecule has 0 saturated heterocycles. The van der Waals surface area contributed by atoms with Gasteiger partial charge in [-0.1, -0.05) is 5.16 Å². The van der Waals surface area contributed by atoms with Crippen LogP contribution in [0.1, 0.15) is 16.1 Å². The quantitative estimate of drug-likeness (QED) is 0.882. The molecule has 0 fully saturated rings. The Labute approximate surface area is 98.9 Å². The van der Waals surface area contributed by atoms with Crippen LogP contribution in [0, 0.1) is 23.0 Å². The Bertz CT molecular complexity index is 673. The van der Waals surface area contributed by atoms with Gasteiger partial charge in [-0.15, -0.1) is 0 Å². The Morgan fingerprint density at radius 2 is 2.06 bits per heavy atom. The minimum atomic E-state index is -1.36. The molecule has 0 atom stereocenters. The van der Waals surface area contributed by atoms with Gasteiger partial charge in [-0.05, 0) is 6.07 Å². The molecule has 2 aromatic rings. The van der Waals surface area contributed by atoms with Crippen molar-refractivity contribution in [2.45, 2.75) is 0 Å². The van der Waals surface area contributed by atoms with Gasteiger partial charge in [-0.3, -0.25) is 0 Å². The van der Waals surface area contributed by atoms with Crippen molar-refractivity contribution in [2.24, 2.45) is 0 Å². The molecule has 0 aliphatic carbocycles. The lowest BCUT2D eigenvalue weighted by atomic mass is 10.1. The monoisotopic (exact) mass is 250 g/mol. The Balaban J connectivity index is 2.56. The zero-order chi connectivity index (χ0) is 13.3. The van der Waals surface area contributed by atoms with E-state index in [2.05, 4.69) is 9.68 Å². The first-order chi connectivity index (χ1) is 8.52. The summed E-state index contributed by atoms with van der Waals surface area (Å²) in [4.78, 5) is 10.6. The van der Waals surface area contributed by atoms with E-state index in [1.165, 1.54) is 0 Å². The van der Waals surface area contributed by atoms with Crippen LogP contribution >= 0.6 is 0 Å². The molecule has 0 spiro atoms. The number of hydrogen-bond acceptors (Lipinski definition) is 4.